The van der Waals surface area contributed by atoms with Gasteiger partial charge in [0, 0.05) is 35.2 Å². The van der Waals surface area contributed by atoms with Gasteiger partial charge in [-0.3, -0.25) is 4.79 Å². The predicted octanol–water partition coefficient (Wildman–Crippen LogP) is 2.79. The Morgan fingerprint density at radius 3 is 2.76 bits per heavy atom. The number of fused-ring (bicyclic) bond motifs is 3. The number of anilines is 1. The SMILES string of the molecule is COCCOc1ccc2c(c1)[nH]c1c(C(N)=O)nnc(-c3cccc(N)c3C)c12. The molecule has 8 heteroatoms. The Labute approximate surface area is 166 Å². The van der Waals surface area contributed by atoms with Gasteiger partial charge in [-0.1, -0.05) is 12.1 Å². The third-order valence-electron chi connectivity index (χ3n) is 4.91. The highest BCUT2D eigenvalue weighted by atomic mass is 16.5. The quantitative estimate of drug-likeness (QED) is 0.342. The Morgan fingerprint density at radius 2 is 2.00 bits per heavy atom. The molecular formula is C21H21N5O3. The molecule has 0 spiro atoms. The summed E-state index contributed by atoms with van der Waals surface area (Å²) in [6.45, 7) is 2.85. The van der Waals surface area contributed by atoms with E-state index in [1.165, 1.54) is 0 Å². The fourth-order valence-electron chi connectivity index (χ4n) is 3.40. The van der Waals surface area contributed by atoms with Crippen molar-refractivity contribution >= 4 is 33.4 Å². The minimum Gasteiger partial charge on any atom is -0.491 e. The highest BCUT2D eigenvalue weighted by Gasteiger charge is 2.20. The first-order chi connectivity index (χ1) is 14.0. The van der Waals surface area contributed by atoms with Crippen molar-refractivity contribution in [3.63, 3.8) is 0 Å². The van der Waals surface area contributed by atoms with Crippen LogP contribution in [0, 0.1) is 6.92 Å². The first kappa shape index (κ1) is 18.7. The Morgan fingerprint density at radius 1 is 1.17 bits per heavy atom. The van der Waals surface area contributed by atoms with Gasteiger partial charge in [0.2, 0.25) is 0 Å². The number of nitrogens with two attached hydrogens (primary N) is 2. The molecule has 0 radical (unpaired) electrons. The molecule has 4 rings (SSSR count). The zero-order chi connectivity index (χ0) is 20.5. The lowest BCUT2D eigenvalue weighted by Gasteiger charge is -2.10. The Bertz CT molecular complexity index is 1230. The number of rotatable bonds is 6. The molecule has 148 valence electrons. The smallest absolute Gasteiger partial charge is 0.271 e. The third kappa shape index (κ3) is 3.23. The molecular weight excluding hydrogens is 370 g/mol. The van der Waals surface area contributed by atoms with Crippen LogP contribution in [-0.4, -0.2) is 41.4 Å². The molecule has 29 heavy (non-hydrogen) atoms. The van der Waals surface area contributed by atoms with E-state index in [1.54, 1.807) is 7.11 Å². The molecule has 8 nitrogen and oxygen atoms in total. The van der Waals surface area contributed by atoms with Gasteiger partial charge < -0.3 is 25.9 Å². The Hall–Kier alpha value is -3.65. The van der Waals surface area contributed by atoms with Gasteiger partial charge in [0.05, 0.1) is 17.6 Å². The number of primary amides is 1. The number of hydrogen-bond acceptors (Lipinski definition) is 6. The van der Waals surface area contributed by atoms with Crippen LogP contribution in [0.15, 0.2) is 36.4 Å². The molecule has 0 unspecified atom stereocenters. The number of carbonyl (C=O) groups is 1. The van der Waals surface area contributed by atoms with E-state index in [-0.39, 0.29) is 5.69 Å². The van der Waals surface area contributed by atoms with E-state index in [0.717, 1.165) is 27.4 Å². The average Bonchev–Trinajstić information content (AvgIpc) is 3.08. The van der Waals surface area contributed by atoms with Gasteiger partial charge >= 0.3 is 0 Å². The number of hydrogen-bond donors (Lipinski definition) is 3. The molecule has 0 atom stereocenters. The van der Waals surface area contributed by atoms with Crippen LogP contribution in [0.5, 0.6) is 5.75 Å². The summed E-state index contributed by atoms with van der Waals surface area (Å²) in [4.78, 5) is 15.2. The van der Waals surface area contributed by atoms with Crippen molar-refractivity contribution in [2.24, 2.45) is 5.73 Å². The van der Waals surface area contributed by atoms with E-state index in [0.29, 0.717) is 35.9 Å². The second-order valence-corrected chi connectivity index (χ2v) is 6.70. The third-order valence-corrected chi connectivity index (χ3v) is 4.91. The maximum absolute atomic E-state index is 11.9. The largest absolute Gasteiger partial charge is 0.491 e. The van der Waals surface area contributed by atoms with Crippen LogP contribution < -0.4 is 16.2 Å². The summed E-state index contributed by atoms with van der Waals surface area (Å²) >= 11 is 0. The number of nitrogens with zero attached hydrogens (tertiary/aromatic N) is 2. The van der Waals surface area contributed by atoms with Crippen LogP contribution >= 0.6 is 0 Å². The summed E-state index contributed by atoms with van der Waals surface area (Å²) in [5.74, 6) is 0.0332. The summed E-state index contributed by atoms with van der Waals surface area (Å²) in [5, 5.41) is 10.1. The summed E-state index contributed by atoms with van der Waals surface area (Å²) in [7, 11) is 1.62. The molecule has 2 aromatic carbocycles. The highest BCUT2D eigenvalue weighted by molar-refractivity contribution is 6.18. The number of aromatic amines is 1. The van der Waals surface area contributed by atoms with E-state index in [1.807, 2.05) is 43.3 Å². The van der Waals surface area contributed by atoms with Crippen LogP contribution in [0.3, 0.4) is 0 Å². The predicted molar refractivity (Wildman–Crippen MR) is 112 cm³/mol. The standard InChI is InChI=1S/C21H21N5O3/c1-11-13(4-3-5-15(11)22)18-17-14-7-6-12(29-9-8-28-2)10-16(14)24-19(17)20(21(23)27)26-25-18/h3-7,10,24H,8-9,22H2,1-2H3,(H2,23,27). The monoisotopic (exact) mass is 391 g/mol. The maximum Gasteiger partial charge on any atom is 0.271 e. The number of H-pyrrole nitrogens is 1. The van der Waals surface area contributed by atoms with Gasteiger partial charge in [0.15, 0.2) is 5.69 Å². The molecule has 5 N–H and O–H groups in total. The van der Waals surface area contributed by atoms with E-state index >= 15 is 0 Å². The van der Waals surface area contributed by atoms with Crippen LogP contribution in [0.25, 0.3) is 33.1 Å². The van der Waals surface area contributed by atoms with Crippen molar-refractivity contribution in [3.8, 4) is 17.0 Å². The average molecular weight is 391 g/mol. The fourth-order valence-corrected chi connectivity index (χ4v) is 3.40. The zero-order valence-corrected chi connectivity index (χ0v) is 16.2. The van der Waals surface area contributed by atoms with Gasteiger partial charge in [-0.15, -0.1) is 10.2 Å². The number of amides is 1. The van der Waals surface area contributed by atoms with Gasteiger partial charge in [0.25, 0.3) is 5.91 Å². The molecule has 1 amide bonds. The molecule has 0 saturated heterocycles. The van der Waals surface area contributed by atoms with Crippen molar-refractivity contribution in [2.75, 3.05) is 26.1 Å². The maximum atomic E-state index is 11.9. The number of nitrogen functional groups attached to an aromatic ring is 1. The van der Waals surface area contributed by atoms with E-state index in [2.05, 4.69) is 15.2 Å². The number of aromatic nitrogens is 3. The molecule has 0 aliphatic carbocycles. The molecule has 0 aliphatic heterocycles. The number of benzene rings is 2. The van der Waals surface area contributed by atoms with Crippen molar-refractivity contribution in [3.05, 3.63) is 47.7 Å². The lowest BCUT2D eigenvalue weighted by atomic mass is 9.99. The van der Waals surface area contributed by atoms with Crippen molar-refractivity contribution in [1.82, 2.24) is 15.2 Å². The van der Waals surface area contributed by atoms with Crippen LogP contribution in [0.2, 0.25) is 0 Å². The molecule has 0 saturated carbocycles. The van der Waals surface area contributed by atoms with Crippen molar-refractivity contribution < 1.29 is 14.3 Å². The molecule has 2 aromatic heterocycles. The summed E-state index contributed by atoms with van der Waals surface area (Å²) in [6.07, 6.45) is 0. The van der Waals surface area contributed by atoms with Gasteiger partial charge in [0.1, 0.15) is 18.1 Å². The Balaban J connectivity index is 1.98. The van der Waals surface area contributed by atoms with Crippen LogP contribution in [0.4, 0.5) is 5.69 Å². The minimum atomic E-state index is -0.651. The summed E-state index contributed by atoms with van der Waals surface area (Å²) in [6, 6.07) is 11.3. The second kappa shape index (κ2) is 7.40. The summed E-state index contributed by atoms with van der Waals surface area (Å²) < 4.78 is 10.7. The first-order valence-electron chi connectivity index (χ1n) is 9.10. The number of methoxy groups -OCH3 is 1. The lowest BCUT2D eigenvalue weighted by molar-refractivity contribution is 0.0996. The molecule has 0 fully saturated rings. The zero-order valence-electron chi connectivity index (χ0n) is 16.2. The lowest BCUT2D eigenvalue weighted by Crippen LogP contribution is -2.15. The van der Waals surface area contributed by atoms with Crippen molar-refractivity contribution in [2.45, 2.75) is 6.92 Å². The second-order valence-electron chi connectivity index (χ2n) is 6.70. The van der Waals surface area contributed by atoms with E-state index in [4.69, 9.17) is 20.9 Å². The fraction of sp³-hybridized carbons (Fsp3) is 0.190. The minimum absolute atomic E-state index is 0.0864. The molecule has 0 bridgehead atoms. The van der Waals surface area contributed by atoms with Crippen molar-refractivity contribution in [1.29, 1.82) is 0 Å². The van der Waals surface area contributed by atoms with Gasteiger partial charge in [-0.25, -0.2) is 0 Å². The first-order valence-corrected chi connectivity index (χ1v) is 9.10. The van der Waals surface area contributed by atoms with Crippen LogP contribution in [-0.2, 0) is 4.74 Å². The van der Waals surface area contributed by atoms with Crippen LogP contribution in [0.1, 0.15) is 16.1 Å². The van der Waals surface area contributed by atoms with E-state index < -0.39 is 5.91 Å². The number of ether oxygens (including phenoxy) is 2. The molecule has 2 heterocycles. The number of nitrogens with one attached hydrogen (secondary N) is 1. The van der Waals surface area contributed by atoms with E-state index in [9.17, 15) is 4.79 Å². The summed E-state index contributed by atoms with van der Waals surface area (Å²) in [5.41, 5.74) is 16.1. The van der Waals surface area contributed by atoms with Gasteiger partial charge in [-0.05, 0) is 30.7 Å². The topological polar surface area (TPSA) is 129 Å². The Kier molecular flexibility index (Phi) is 4.77. The normalized spacial score (nSPS) is 11.2. The highest BCUT2D eigenvalue weighted by Crippen LogP contribution is 2.37. The van der Waals surface area contributed by atoms with Gasteiger partial charge in [-0.2, -0.15) is 0 Å². The molecule has 4 aromatic rings. The molecule has 0 aliphatic rings. The number of carbonyl (C=O) groups excluding carboxylic acids is 1.